The first-order valence-electron chi connectivity index (χ1n) is 4.97. The summed E-state index contributed by atoms with van der Waals surface area (Å²) in [7, 11) is 0. The van der Waals surface area contributed by atoms with Crippen LogP contribution in [0.3, 0.4) is 0 Å². The van der Waals surface area contributed by atoms with Crippen LogP contribution in [-0.2, 0) is 4.79 Å². The van der Waals surface area contributed by atoms with Crippen LogP contribution in [0.2, 0.25) is 0 Å². The number of carbonyl (C=O) groups is 1. The Balaban J connectivity index is 2.24. The van der Waals surface area contributed by atoms with Crippen LogP contribution in [0, 0.1) is 6.92 Å². The first-order chi connectivity index (χ1) is 7.09. The van der Waals surface area contributed by atoms with Gasteiger partial charge in [0.15, 0.2) is 0 Å². The van der Waals surface area contributed by atoms with Crippen molar-refractivity contribution < 1.29 is 9.90 Å². The highest BCUT2D eigenvalue weighted by molar-refractivity contribution is 7.11. The molecule has 1 aromatic rings. The molecule has 1 rings (SSSR count). The Morgan fingerprint density at radius 2 is 2.47 bits per heavy atom. The number of rotatable bonds is 6. The van der Waals surface area contributed by atoms with E-state index in [2.05, 4.69) is 10.3 Å². The second kappa shape index (κ2) is 5.82. The summed E-state index contributed by atoms with van der Waals surface area (Å²) in [6.07, 6.45) is 2.73. The summed E-state index contributed by atoms with van der Waals surface area (Å²) in [6, 6.07) is 0.206. The summed E-state index contributed by atoms with van der Waals surface area (Å²) in [5.41, 5.74) is 0. The van der Waals surface area contributed by atoms with Crippen LogP contribution >= 0.6 is 11.3 Å². The summed E-state index contributed by atoms with van der Waals surface area (Å²) in [6.45, 7) is 4.78. The summed E-state index contributed by atoms with van der Waals surface area (Å²) < 4.78 is 0. The first kappa shape index (κ1) is 12.1. The molecular formula is C10H16N2O2S. The average molecular weight is 228 g/mol. The maximum atomic E-state index is 10.3. The SMILES string of the molecule is Cc1cnc(C(C)NCCCC(=O)O)s1. The van der Waals surface area contributed by atoms with E-state index in [1.165, 1.54) is 4.88 Å². The van der Waals surface area contributed by atoms with Gasteiger partial charge >= 0.3 is 5.97 Å². The van der Waals surface area contributed by atoms with E-state index in [9.17, 15) is 4.79 Å². The normalized spacial score (nSPS) is 12.7. The zero-order valence-corrected chi connectivity index (χ0v) is 9.80. The summed E-state index contributed by atoms with van der Waals surface area (Å²) in [5, 5.41) is 12.8. The molecule has 0 aliphatic carbocycles. The lowest BCUT2D eigenvalue weighted by Crippen LogP contribution is -2.20. The Labute approximate surface area is 93.4 Å². The van der Waals surface area contributed by atoms with Gasteiger partial charge in [0.1, 0.15) is 5.01 Å². The van der Waals surface area contributed by atoms with Gasteiger partial charge < -0.3 is 10.4 Å². The number of aromatic nitrogens is 1. The Morgan fingerprint density at radius 3 is 3.00 bits per heavy atom. The summed E-state index contributed by atoms with van der Waals surface area (Å²) >= 11 is 1.67. The van der Waals surface area contributed by atoms with E-state index in [-0.39, 0.29) is 12.5 Å². The number of aryl methyl sites for hydroxylation is 1. The topological polar surface area (TPSA) is 62.2 Å². The number of thiazole rings is 1. The highest BCUT2D eigenvalue weighted by Crippen LogP contribution is 2.18. The van der Waals surface area contributed by atoms with Gasteiger partial charge in [0, 0.05) is 17.5 Å². The van der Waals surface area contributed by atoms with E-state index in [1.54, 1.807) is 11.3 Å². The minimum Gasteiger partial charge on any atom is -0.481 e. The summed E-state index contributed by atoms with van der Waals surface area (Å²) in [5.74, 6) is -0.741. The Kier molecular flexibility index (Phi) is 4.71. The maximum Gasteiger partial charge on any atom is 0.303 e. The molecule has 0 spiro atoms. The largest absolute Gasteiger partial charge is 0.481 e. The lowest BCUT2D eigenvalue weighted by molar-refractivity contribution is -0.137. The number of carboxylic acids is 1. The highest BCUT2D eigenvalue weighted by atomic mass is 32.1. The quantitative estimate of drug-likeness (QED) is 0.731. The van der Waals surface area contributed by atoms with Gasteiger partial charge in [-0.3, -0.25) is 4.79 Å². The fourth-order valence-corrected chi connectivity index (χ4v) is 2.02. The van der Waals surface area contributed by atoms with Crippen LogP contribution in [0.1, 0.15) is 35.7 Å². The fourth-order valence-electron chi connectivity index (χ4n) is 1.22. The van der Waals surface area contributed by atoms with Gasteiger partial charge in [-0.1, -0.05) is 0 Å². The highest BCUT2D eigenvalue weighted by Gasteiger charge is 2.08. The molecule has 84 valence electrons. The van der Waals surface area contributed by atoms with E-state index in [1.807, 2.05) is 20.0 Å². The predicted octanol–water partition coefficient (Wildman–Crippen LogP) is 1.97. The van der Waals surface area contributed by atoms with E-state index in [0.29, 0.717) is 13.0 Å². The van der Waals surface area contributed by atoms with Crippen LogP contribution in [0.5, 0.6) is 0 Å². The molecule has 0 bridgehead atoms. The average Bonchev–Trinajstić information content (AvgIpc) is 2.59. The fraction of sp³-hybridized carbons (Fsp3) is 0.600. The number of carboxylic acid groups (broad SMARTS) is 1. The Bertz CT molecular complexity index is 325. The van der Waals surface area contributed by atoms with Crippen molar-refractivity contribution in [2.24, 2.45) is 0 Å². The van der Waals surface area contributed by atoms with E-state index in [4.69, 9.17) is 5.11 Å². The molecule has 0 aliphatic rings. The smallest absolute Gasteiger partial charge is 0.303 e. The van der Waals surface area contributed by atoms with Crippen LogP contribution in [0.4, 0.5) is 0 Å². The molecule has 0 saturated carbocycles. The monoisotopic (exact) mass is 228 g/mol. The van der Waals surface area contributed by atoms with E-state index < -0.39 is 5.97 Å². The van der Waals surface area contributed by atoms with Crippen molar-refractivity contribution in [2.45, 2.75) is 32.7 Å². The van der Waals surface area contributed by atoms with Gasteiger partial charge in [-0.25, -0.2) is 4.98 Å². The molecule has 1 atom stereocenters. The third-order valence-corrected chi connectivity index (χ3v) is 3.12. The number of hydrogen-bond donors (Lipinski definition) is 2. The third-order valence-electron chi connectivity index (χ3n) is 2.03. The van der Waals surface area contributed by atoms with Crippen LogP contribution in [0.25, 0.3) is 0 Å². The van der Waals surface area contributed by atoms with Crippen molar-refractivity contribution in [3.63, 3.8) is 0 Å². The predicted molar refractivity (Wildman–Crippen MR) is 60.1 cm³/mol. The van der Waals surface area contributed by atoms with Crippen molar-refractivity contribution >= 4 is 17.3 Å². The molecule has 1 unspecified atom stereocenters. The molecular weight excluding hydrogens is 212 g/mol. The molecule has 1 aromatic heterocycles. The number of nitrogens with one attached hydrogen (secondary N) is 1. The second-order valence-corrected chi connectivity index (χ2v) is 4.75. The van der Waals surface area contributed by atoms with Crippen molar-refractivity contribution in [1.29, 1.82) is 0 Å². The molecule has 15 heavy (non-hydrogen) atoms. The zero-order chi connectivity index (χ0) is 11.3. The van der Waals surface area contributed by atoms with Gasteiger partial charge in [-0.2, -0.15) is 0 Å². The van der Waals surface area contributed by atoms with Crippen molar-refractivity contribution in [1.82, 2.24) is 10.3 Å². The van der Waals surface area contributed by atoms with Gasteiger partial charge in [0.05, 0.1) is 6.04 Å². The Morgan fingerprint density at radius 1 is 1.73 bits per heavy atom. The maximum absolute atomic E-state index is 10.3. The Hall–Kier alpha value is -0.940. The minimum atomic E-state index is -0.741. The van der Waals surface area contributed by atoms with Crippen molar-refractivity contribution in [2.75, 3.05) is 6.54 Å². The van der Waals surface area contributed by atoms with Gasteiger partial charge in [0.2, 0.25) is 0 Å². The van der Waals surface area contributed by atoms with Gasteiger partial charge in [-0.05, 0) is 26.8 Å². The summed E-state index contributed by atoms with van der Waals surface area (Å²) in [4.78, 5) is 15.7. The van der Waals surface area contributed by atoms with Crippen molar-refractivity contribution in [3.8, 4) is 0 Å². The molecule has 0 aliphatic heterocycles. The van der Waals surface area contributed by atoms with E-state index in [0.717, 1.165) is 5.01 Å². The first-order valence-corrected chi connectivity index (χ1v) is 5.78. The third kappa shape index (κ3) is 4.40. The van der Waals surface area contributed by atoms with Crippen LogP contribution < -0.4 is 5.32 Å². The molecule has 5 heteroatoms. The van der Waals surface area contributed by atoms with E-state index >= 15 is 0 Å². The molecule has 1 heterocycles. The minimum absolute atomic E-state index is 0.206. The molecule has 2 N–H and O–H groups in total. The molecule has 0 aromatic carbocycles. The molecule has 0 radical (unpaired) electrons. The van der Waals surface area contributed by atoms with Gasteiger partial charge in [-0.15, -0.1) is 11.3 Å². The number of aliphatic carboxylic acids is 1. The lowest BCUT2D eigenvalue weighted by atomic mass is 10.3. The standard InChI is InChI=1S/C10H16N2O2S/c1-7-6-12-10(15-7)8(2)11-5-3-4-9(13)14/h6,8,11H,3-5H2,1-2H3,(H,13,14). The molecule has 0 amide bonds. The lowest BCUT2D eigenvalue weighted by Gasteiger charge is -2.09. The number of nitrogens with zero attached hydrogens (tertiary/aromatic N) is 1. The zero-order valence-electron chi connectivity index (χ0n) is 8.99. The van der Waals surface area contributed by atoms with Gasteiger partial charge in [0.25, 0.3) is 0 Å². The second-order valence-electron chi connectivity index (χ2n) is 3.48. The molecule has 0 fully saturated rings. The van der Waals surface area contributed by atoms with Crippen molar-refractivity contribution in [3.05, 3.63) is 16.1 Å². The molecule has 4 nitrogen and oxygen atoms in total. The van der Waals surface area contributed by atoms with Crippen LogP contribution in [-0.4, -0.2) is 22.6 Å². The number of hydrogen-bond acceptors (Lipinski definition) is 4. The molecule has 0 saturated heterocycles. The van der Waals surface area contributed by atoms with Crippen LogP contribution in [0.15, 0.2) is 6.20 Å².